The van der Waals surface area contributed by atoms with Crippen LogP contribution in [0.3, 0.4) is 0 Å². The molecular weight excluding hydrogens is 781 g/mol. The fraction of sp³-hybridized carbons (Fsp3) is 0.947. The van der Waals surface area contributed by atoms with E-state index in [4.69, 9.17) is 14.2 Å². The molecule has 0 saturated heterocycles. The maximum atomic E-state index is 12.7. The number of ether oxygens (including phenoxy) is 3. The molecule has 0 rings (SSSR count). The van der Waals surface area contributed by atoms with E-state index < -0.39 is 6.10 Å². The van der Waals surface area contributed by atoms with Gasteiger partial charge in [-0.15, -0.1) is 0 Å². The van der Waals surface area contributed by atoms with E-state index in [0.29, 0.717) is 19.3 Å². The van der Waals surface area contributed by atoms with E-state index in [9.17, 15) is 14.4 Å². The average Bonchev–Trinajstić information content (AvgIpc) is 3.28. The van der Waals surface area contributed by atoms with Crippen molar-refractivity contribution in [2.75, 3.05) is 13.2 Å². The number of unbranched alkanes of at least 4 members (excludes halogenated alkanes) is 42. The van der Waals surface area contributed by atoms with Crippen molar-refractivity contribution in [1.82, 2.24) is 0 Å². The van der Waals surface area contributed by atoms with Crippen molar-refractivity contribution in [2.45, 2.75) is 335 Å². The summed E-state index contributed by atoms with van der Waals surface area (Å²) in [6.45, 7) is 6.61. The summed E-state index contributed by atoms with van der Waals surface area (Å²) in [4.78, 5) is 37.7. The fourth-order valence-corrected chi connectivity index (χ4v) is 8.80. The highest BCUT2D eigenvalue weighted by atomic mass is 16.6. The third-order valence-electron chi connectivity index (χ3n) is 13.1. The predicted molar refractivity (Wildman–Crippen MR) is 270 cm³/mol. The number of hydrogen-bond acceptors (Lipinski definition) is 6. The molecule has 0 aliphatic heterocycles. The summed E-state index contributed by atoms with van der Waals surface area (Å²) in [5.74, 6) is -0.855. The van der Waals surface area contributed by atoms with Crippen LogP contribution in [0.25, 0.3) is 0 Å². The van der Waals surface area contributed by atoms with Gasteiger partial charge in [0.1, 0.15) is 13.2 Å². The molecule has 0 aliphatic carbocycles. The molecule has 0 spiro atoms. The van der Waals surface area contributed by atoms with Crippen LogP contribution in [0.4, 0.5) is 0 Å². The Bertz CT molecular complexity index is 936. The van der Waals surface area contributed by atoms with Gasteiger partial charge < -0.3 is 14.2 Å². The van der Waals surface area contributed by atoms with Gasteiger partial charge in [-0.05, 0) is 19.3 Å². The summed E-state index contributed by atoms with van der Waals surface area (Å²) in [6, 6.07) is 0. The summed E-state index contributed by atoms with van der Waals surface area (Å²) in [7, 11) is 0. The highest BCUT2D eigenvalue weighted by Crippen LogP contribution is 2.18. The van der Waals surface area contributed by atoms with E-state index in [-0.39, 0.29) is 31.1 Å². The highest BCUT2D eigenvalue weighted by Gasteiger charge is 2.19. The van der Waals surface area contributed by atoms with Crippen LogP contribution in [0.15, 0.2) is 0 Å². The maximum Gasteiger partial charge on any atom is 0.306 e. The molecule has 0 bridgehead atoms. The Morgan fingerprint density at radius 1 is 0.254 bits per heavy atom. The zero-order chi connectivity index (χ0) is 45.8. The molecule has 63 heavy (non-hydrogen) atoms. The summed E-state index contributed by atoms with van der Waals surface area (Å²) >= 11 is 0. The Balaban J connectivity index is 3.95. The Morgan fingerprint density at radius 2 is 0.429 bits per heavy atom. The average molecular weight is 892 g/mol. The first kappa shape index (κ1) is 61.4. The van der Waals surface area contributed by atoms with Crippen molar-refractivity contribution in [2.24, 2.45) is 0 Å². The summed E-state index contributed by atoms with van der Waals surface area (Å²) in [5, 5.41) is 0. The van der Waals surface area contributed by atoms with E-state index in [1.54, 1.807) is 0 Å². The second-order valence-electron chi connectivity index (χ2n) is 19.6. The minimum absolute atomic E-state index is 0.0629. The van der Waals surface area contributed by atoms with E-state index in [1.165, 1.54) is 225 Å². The van der Waals surface area contributed by atoms with Gasteiger partial charge in [0.2, 0.25) is 0 Å². The van der Waals surface area contributed by atoms with Gasteiger partial charge >= 0.3 is 17.9 Å². The Kier molecular flexibility index (Phi) is 51.7. The molecule has 0 N–H and O–H groups in total. The molecule has 1 unspecified atom stereocenters. The molecule has 0 heterocycles. The van der Waals surface area contributed by atoms with Gasteiger partial charge in [0.05, 0.1) is 0 Å². The molecule has 1 atom stereocenters. The molecule has 374 valence electrons. The van der Waals surface area contributed by atoms with Crippen molar-refractivity contribution in [3.8, 4) is 0 Å². The quantitative estimate of drug-likeness (QED) is 0.0344. The van der Waals surface area contributed by atoms with Gasteiger partial charge in [0, 0.05) is 19.3 Å². The molecule has 0 aromatic heterocycles. The first-order valence-corrected chi connectivity index (χ1v) is 28.5. The lowest BCUT2D eigenvalue weighted by Gasteiger charge is -2.18. The fourth-order valence-electron chi connectivity index (χ4n) is 8.80. The zero-order valence-corrected chi connectivity index (χ0v) is 42.9. The number of carbonyl (C=O) groups is 3. The minimum atomic E-state index is -0.758. The standard InChI is InChI=1S/C57H110O6/c1-4-7-10-13-15-17-19-21-23-24-25-26-27-28-29-30-31-32-33-34-36-37-39-41-44-47-50-56(59)62-53-54(52-61-55(58)49-46-43-12-9-6-3)63-57(60)51-48-45-42-40-38-35-22-20-18-16-14-11-8-5-2/h54H,4-53H2,1-3H3. The van der Waals surface area contributed by atoms with E-state index in [0.717, 1.165) is 64.2 Å². The van der Waals surface area contributed by atoms with Gasteiger partial charge in [-0.25, -0.2) is 0 Å². The van der Waals surface area contributed by atoms with Crippen molar-refractivity contribution < 1.29 is 28.6 Å². The van der Waals surface area contributed by atoms with E-state index in [2.05, 4.69) is 20.8 Å². The van der Waals surface area contributed by atoms with Crippen molar-refractivity contribution in [3.63, 3.8) is 0 Å². The number of esters is 3. The molecule has 0 aliphatic rings. The van der Waals surface area contributed by atoms with Gasteiger partial charge in [0.25, 0.3) is 0 Å². The smallest absolute Gasteiger partial charge is 0.306 e. The van der Waals surface area contributed by atoms with E-state index in [1.807, 2.05) is 0 Å². The van der Waals surface area contributed by atoms with Crippen LogP contribution in [-0.4, -0.2) is 37.2 Å². The number of hydrogen-bond donors (Lipinski definition) is 0. The van der Waals surface area contributed by atoms with Gasteiger partial charge in [-0.3, -0.25) is 14.4 Å². The predicted octanol–water partition coefficient (Wildman–Crippen LogP) is 18.8. The molecule has 0 saturated carbocycles. The number of carbonyl (C=O) groups excluding carboxylic acids is 3. The lowest BCUT2D eigenvalue weighted by atomic mass is 10.0. The SMILES string of the molecule is CCCCCCCCCCCCCCCCCCCCCCCCCCCCC(=O)OCC(COC(=O)CCCCCCC)OC(=O)CCCCCCCCCCCCCCCC. The molecule has 0 fully saturated rings. The van der Waals surface area contributed by atoms with Crippen LogP contribution in [0.1, 0.15) is 329 Å². The molecule has 6 nitrogen and oxygen atoms in total. The second kappa shape index (κ2) is 53.0. The summed E-state index contributed by atoms with van der Waals surface area (Å²) < 4.78 is 16.7. The summed E-state index contributed by atoms with van der Waals surface area (Å²) in [5.41, 5.74) is 0. The Hall–Kier alpha value is -1.59. The Labute approximate surface area is 393 Å². The Morgan fingerprint density at radius 3 is 0.635 bits per heavy atom. The van der Waals surface area contributed by atoms with Crippen LogP contribution in [-0.2, 0) is 28.6 Å². The van der Waals surface area contributed by atoms with Crippen LogP contribution in [0, 0.1) is 0 Å². The molecule has 0 amide bonds. The van der Waals surface area contributed by atoms with Crippen LogP contribution < -0.4 is 0 Å². The molecular formula is C57H110O6. The van der Waals surface area contributed by atoms with Crippen LogP contribution in [0.2, 0.25) is 0 Å². The molecule has 0 radical (unpaired) electrons. The van der Waals surface area contributed by atoms with Crippen molar-refractivity contribution in [3.05, 3.63) is 0 Å². The summed E-state index contributed by atoms with van der Waals surface area (Å²) in [6.07, 6.45) is 58.7. The zero-order valence-electron chi connectivity index (χ0n) is 42.9. The van der Waals surface area contributed by atoms with E-state index >= 15 is 0 Å². The number of rotatable bonds is 53. The lowest BCUT2D eigenvalue weighted by Crippen LogP contribution is -2.30. The van der Waals surface area contributed by atoms with Crippen LogP contribution >= 0.6 is 0 Å². The van der Waals surface area contributed by atoms with Crippen molar-refractivity contribution in [1.29, 1.82) is 0 Å². The molecule has 0 aromatic carbocycles. The normalized spacial score (nSPS) is 11.9. The van der Waals surface area contributed by atoms with Crippen molar-refractivity contribution >= 4 is 17.9 Å². The molecule has 6 heteroatoms. The van der Waals surface area contributed by atoms with Crippen LogP contribution in [0.5, 0.6) is 0 Å². The highest BCUT2D eigenvalue weighted by molar-refractivity contribution is 5.71. The van der Waals surface area contributed by atoms with Gasteiger partial charge in [-0.1, -0.05) is 290 Å². The first-order valence-electron chi connectivity index (χ1n) is 28.5. The maximum absolute atomic E-state index is 12.7. The largest absolute Gasteiger partial charge is 0.462 e. The molecule has 0 aromatic rings. The topological polar surface area (TPSA) is 78.9 Å². The third-order valence-corrected chi connectivity index (χ3v) is 13.1. The van der Waals surface area contributed by atoms with Gasteiger partial charge in [-0.2, -0.15) is 0 Å². The van der Waals surface area contributed by atoms with Gasteiger partial charge in [0.15, 0.2) is 6.10 Å². The lowest BCUT2D eigenvalue weighted by molar-refractivity contribution is -0.167. The minimum Gasteiger partial charge on any atom is -0.462 e. The third kappa shape index (κ3) is 51.3. The first-order chi connectivity index (χ1) is 31.0. The second-order valence-corrected chi connectivity index (χ2v) is 19.6. The monoisotopic (exact) mass is 891 g/mol.